The molecule has 2 atom stereocenters. The summed E-state index contributed by atoms with van der Waals surface area (Å²) in [6, 6.07) is 6.75. The molecule has 3 rings (SSSR count). The Bertz CT molecular complexity index is 701. The monoisotopic (exact) mass is 367 g/mol. The van der Waals surface area contributed by atoms with Crippen LogP contribution in [0.3, 0.4) is 0 Å². The Morgan fingerprint density at radius 1 is 1.20 bits per heavy atom. The molecule has 1 aliphatic carbocycles. The summed E-state index contributed by atoms with van der Waals surface area (Å²) >= 11 is 0. The van der Waals surface area contributed by atoms with Crippen LogP contribution in [0.2, 0.25) is 0 Å². The molecule has 0 spiro atoms. The van der Waals surface area contributed by atoms with Gasteiger partial charge in [0, 0.05) is 38.0 Å². The lowest BCUT2D eigenvalue weighted by molar-refractivity contribution is -0.121. The summed E-state index contributed by atoms with van der Waals surface area (Å²) in [4.78, 5) is 12.2. The van der Waals surface area contributed by atoms with Crippen molar-refractivity contribution in [3.8, 4) is 0 Å². The summed E-state index contributed by atoms with van der Waals surface area (Å²) in [5.41, 5.74) is 0.920. The number of carbonyl (C=O) groups is 1. The summed E-state index contributed by atoms with van der Waals surface area (Å²) in [7, 11) is -3.43. The predicted molar refractivity (Wildman–Crippen MR) is 93.5 cm³/mol. The van der Waals surface area contributed by atoms with E-state index in [1.165, 1.54) is 0 Å². The molecule has 1 amide bonds. The Morgan fingerprint density at radius 3 is 2.52 bits per heavy atom. The van der Waals surface area contributed by atoms with Crippen LogP contribution < -0.4 is 15.4 Å². The maximum atomic E-state index is 12.1. The normalized spacial score (nSPS) is 23.6. The van der Waals surface area contributed by atoms with Gasteiger partial charge in [-0.3, -0.25) is 4.79 Å². The Labute approximate surface area is 148 Å². The zero-order chi connectivity index (χ0) is 17.9. The van der Waals surface area contributed by atoms with Crippen molar-refractivity contribution in [3.05, 3.63) is 29.8 Å². The second-order valence-corrected chi connectivity index (χ2v) is 8.54. The molecule has 0 bridgehead atoms. The van der Waals surface area contributed by atoms with E-state index in [0.29, 0.717) is 32.5 Å². The van der Waals surface area contributed by atoms with E-state index in [9.17, 15) is 18.3 Å². The molecule has 138 valence electrons. The smallest absolute Gasteiger partial charge is 0.240 e. The number of β-amino-alcohol motifs (C(OH)–C–C–N with tert-alkyl or cyclic N) is 1. The van der Waals surface area contributed by atoms with E-state index in [1.807, 2.05) is 0 Å². The van der Waals surface area contributed by atoms with Gasteiger partial charge in [-0.05, 0) is 37.0 Å². The molecule has 2 unspecified atom stereocenters. The van der Waals surface area contributed by atoms with Gasteiger partial charge >= 0.3 is 0 Å². The molecule has 0 radical (unpaired) electrons. The number of aryl methyl sites for hydroxylation is 1. The molecule has 1 saturated carbocycles. The molecular formula is C17H25N3O4S. The molecule has 25 heavy (non-hydrogen) atoms. The molecule has 2 aliphatic rings. The van der Waals surface area contributed by atoms with Crippen LogP contribution in [0.5, 0.6) is 0 Å². The van der Waals surface area contributed by atoms with Crippen LogP contribution in [0.15, 0.2) is 29.2 Å². The van der Waals surface area contributed by atoms with Crippen LogP contribution in [0.1, 0.15) is 24.8 Å². The van der Waals surface area contributed by atoms with Crippen molar-refractivity contribution in [2.45, 2.75) is 42.7 Å². The van der Waals surface area contributed by atoms with Crippen LogP contribution in [0.25, 0.3) is 0 Å². The minimum absolute atomic E-state index is 0.0624. The van der Waals surface area contributed by atoms with Crippen molar-refractivity contribution in [1.82, 2.24) is 15.4 Å². The minimum atomic E-state index is -3.43. The van der Waals surface area contributed by atoms with E-state index in [1.54, 1.807) is 24.3 Å². The standard InChI is InChI=1S/C17H25N3O4S/c21-16-11-18-9-13(16)10-19-17(22)8-3-12-1-6-15(7-2-12)25(23,24)20-14-4-5-14/h1-2,6-7,13-14,16,18,20-21H,3-5,8-11H2,(H,19,22). The van der Waals surface area contributed by atoms with Gasteiger partial charge in [0.15, 0.2) is 0 Å². The molecule has 1 aliphatic heterocycles. The van der Waals surface area contributed by atoms with Gasteiger partial charge in [0.05, 0.1) is 11.0 Å². The average Bonchev–Trinajstić information content (AvgIpc) is 3.29. The number of benzene rings is 1. The molecule has 0 aromatic heterocycles. The third-order valence-corrected chi connectivity index (χ3v) is 6.18. The molecule has 7 nitrogen and oxygen atoms in total. The van der Waals surface area contributed by atoms with Gasteiger partial charge in [0.1, 0.15) is 0 Å². The van der Waals surface area contributed by atoms with Crippen LogP contribution in [-0.2, 0) is 21.2 Å². The van der Waals surface area contributed by atoms with Crippen molar-refractivity contribution in [2.24, 2.45) is 5.92 Å². The fraction of sp³-hybridized carbons (Fsp3) is 0.588. The topological polar surface area (TPSA) is 108 Å². The Kier molecular flexibility index (Phi) is 5.73. The lowest BCUT2D eigenvalue weighted by Gasteiger charge is -2.14. The molecule has 1 heterocycles. The van der Waals surface area contributed by atoms with Gasteiger partial charge in [-0.15, -0.1) is 0 Å². The number of aliphatic hydroxyl groups excluding tert-OH is 1. The number of amides is 1. The minimum Gasteiger partial charge on any atom is -0.391 e. The summed E-state index contributed by atoms with van der Waals surface area (Å²) in [5, 5.41) is 15.6. The van der Waals surface area contributed by atoms with Crippen LogP contribution in [-0.4, -0.2) is 51.2 Å². The first-order valence-corrected chi connectivity index (χ1v) is 10.2. The summed E-state index contributed by atoms with van der Waals surface area (Å²) in [6.07, 6.45) is 2.29. The van der Waals surface area contributed by atoms with Crippen molar-refractivity contribution in [1.29, 1.82) is 0 Å². The zero-order valence-corrected chi connectivity index (χ0v) is 14.9. The number of hydrogen-bond donors (Lipinski definition) is 4. The molecule has 2 fully saturated rings. The number of rotatable bonds is 8. The van der Waals surface area contributed by atoms with Crippen molar-refractivity contribution in [2.75, 3.05) is 19.6 Å². The molecule has 1 aromatic carbocycles. The highest BCUT2D eigenvalue weighted by molar-refractivity contribution is 7.89. The third-order valence-electron chi connectivity index (χ3n) is 4.64. The van der Waals surface area contributed by atoms with E-state index in [4.69, 9.17) is 0 Å². The first-order valence-electron chi connectivity index (χ1n) is 8.71. The summed E-state index contributed by atoms with van der Waals surface area (Å²) in [6.45, 7) is 1.76. The van der Waals surface area contributed by atoms with Crippen LogP contribution in [0, 0.1) is 5.92 Å². The zero-order valence-electron chi connectivity index (χ0n) is 14.1. The number of nitrogens with one attached hydrogen (secondary N) is 3. The summed E-state index contributed by atoms with van der Waals surface area (Å²) in [5.74, 6) is -0.00129. The lowest BCUT2D eigenvalue weighted by Crippen LogP contribution is -2.34. The second-order valence-electron chi connectivity index (χ2n) is 6.83. The van der Waals surface area contributed by atoms with E-state index in [0.717, 1.165) is 18.4 Å². The lowest BCUT2D eigenvalue weighted by atomic mass is 10.1. The maximum Gasteiger partial charge on any atom is 0.240 e. The van der Waals surface area contributed by atoms with E-state index in [-0.39, 0.29) is 22.8 Å². The number of carbonyl (C=O) groups excluding carboxylic acids is 1. The van der Waals surface area contributed by atoms with Crippen molar-refractivity contribution >= 4 is 15.9 Å². The molecule has 1 saturated heterocycles. The fourth-order valence-corrected chi connectivity index (χ4v) is 4.15. The maximum absolute atomic E-state index is 12.1. The molecular weight excluding hydrogens is 342 g/mol. The second kappa shape index (κ2) is 7.82. The number of hydrogen-bond acceptors (Lipinski definition) is 5. The molecule has 1 aromatic rings. The van der Waals surface area contributed by atoms with Gasteiger partial charge in [-0.1, -0.05) is 12.1 Å². The highest BCUT2D eigenvalue weighted by atomic mass is 32.2. The quantitative estimate of drug-likeness (QED) is 0.507. The van der Waals surface area contributed by atoms with Gasteiger partial charge in [-0.25, -0.2) is 13.1 Å². The first kappa shape index (κ1) is 18.3. The van der Waals surface area contributed by atoms with E-state index >= 15 is 0 Å². The SMILES string of the molecule is O=C(CCc1ccc(S(=O)(=O)NC2CC2)cc1)NCC1CNCC1O. The first-order chi connectivity index (χ1) is 11.9. The Hall–Kier alpha value is -1.48. The largest absolute Gasteiger partial charge is 0.391 e. The highest BCUT2D eigenvalue weighted by Gasteiger charge is 2.28. The van der Waals surface area contributed by atoms with Gasteiger partial charge < -0.3 is 15.7 Å². The van der Waals surface area contributed by atoms with Crippen LogP contribution >= 0.6 is 0 Å². The highest BCUT2D eigenvalue weighted by Crippen LogP contribution is 2.22. The third kappa shape index (κ3) is 5.24. The van der Waals surface area contributed by atoms with Crippen molar-refractivity contribution < 1.29 is 18.3 Å². The van der Waals surface area contributed by atoms with Gasteiger partial charge in [-0.2, -0.15) is 0 Å². The van der Waals surface area contributed by atoms with Gasteiger partial charge in [0.25, 0.3) is 0 Å². The molecule has 8 heteroatoms. The fourth-order valence-electron chi connectivity index (χ4n) is 2.84. The Balaban J connectivity index is 1.44. The van der Waals surface area contributed by atoms with E-state index in [2.05, 4.69) is 15.4 Å². The average molecular weight is 367 g/mol. The predicted octanol–water partition coefficient (Wildman–Crippen LogP) is -0.244. The van der Waals surface area contributed by atoms with E-state index < -0.39 is 16.1 Å². The van der Waals surface area contributed by atoms with Crippen molar-refractivity contribution in [3.63, 3.8) is 0 Å². The Morgan fingerprint density at radius 2 is 1.92 bits per heavy atom. The summed E-state index contributed by atoms with van der Waals surface area (Å²) < 4.78 is 26.8. The van der Waals surface area contributed by atoms with Crippen LogP contribution in [0.4, 0.5) is 0 Å². The van der Waals surface area contributed by atoms with Gasteiger partial charge in [0.2, 0.25) is 15.9 Å². The number of sulfonamides is 1. The number of aliphatic hydroxyl groups is 1. The molecule has 4 N–H and O–H groups in total.